The summed E-state index contributed by atoms with van der Waals surface area (Å²) in [5.41, 5.74) is 0.410. The van der Waals surface area contributed by atoms with Gasteiger partial charge in [-0.15, -0.1) is 0 Å². The maximum Gasteiger partial charge on any atom is 0.135 e. The molecule has 0 bridgehead atoms. The average Bonchev–Trinajstić information content (AvgIpc) is 1.79. The highest BCUT2D eigenvalue weighted by Gasteiger charge is 2.30. The lowest BCUT2D eigenvalue weighted by Crippen LogP contribution is -2.27. The van der Waals surface area contributed by atoms with Crippen LogP contribution in [0.3, 0.4) is 0 Å². The molecule has 0 saturated heterocycles. The van der Waals surface area contributed by atoms with Gasteiger partial charge in [-0.2, -0.15) is 0 Å². The molecule has 0 radical (unpaired) electrons. The first-order valence-corrected chi connectivity index (χ1v) is 4.04. The Balaban J connectivity index is 2.57. The molecule has 58 valence electrons. The highest BCUT2D eigenvalue weighted by atomic mass is 16.1. The fourth-order valence-electron chi connectivity index (χ4n) is 1.75. The maximum atomic E-state index is 11.1. The van der Waals surface area contributed by atoms with Crippen LogP contribution in [0, 0.1) is 11.3 Å². The molecule has 0 amide bonds. The minimum atomic E-state index is 0.309. The molecule has 1 saturated carbocycles. The zero-order valence-corrected chi connectivity index (χ0v) is 7.11. The SMILES string of the molecule is C[C@@H]1CC(C)(C)CCC1=O. The summed E-state index contributed by atoms with van der Waals surface area (Å²) in [7, 11) is 0. The standard InChI is InChI=1S/C9H16O/c1-7-6-9(2,3)5-4-8(7)10/h7H,4-6H2,1-3H3/t7-/m1/s1. The van der Waals surface area contributed by atoms with Gasteiger partial charge in [-0.05, 0) is 18.3 Å². The summed E-state index contributed by atoms with van der Waals surface area (Å²) in [6.45, 7) is 6.54. The molecule has 0 aliphatic heterocycles. The summed E-state index contributed by atoms with van der Waals surface area (Å²) in [5, 5.41) is 0. The molecule has 0 spiro atoms. The van der Waals surface area contributed by atoms with Crippen LogP contribution in [0.25, 0.3) is 0 Å². The van der Waals surface area contributed by atoms with Crippen molar-refractivity contribution in [3.63, 3.8) is 0 Å². The zero-order chi connectivity index (χ0) is 7.78. The second-order valence-corrected chi connectivity index (χ2v) is 4.24. The van der Waals surface area contributed by atoms with Crippen LogP contribution in [0.4, 0.5) is 0 Å². The fraction of sp³-hybridized carbons (Fsp3) is 0.889. The first-order chi connectivity index (χ1) is 4.51. The van der Waals surface area contributed by atoms with Gasteiger partial charge in [0.15, 0.2) is 0 Å². The highest BCUT2D eigenvalue weighted by molar-refractivity contribution is 5.81. The molecule has 0 N–H and O–H groups in total. The summed E-state index contributed by atoms with van der Waals surface area (Å²) >= 11 is 0. The number of Topliss-reactive ketones (excluding diaryl/α,β-unsaturated/α-hetero) is 1. The van der Waals surface area contributed by atoms with E-state index in [1.807, 2.05) is 6.92 Å². The second-order valence-electron chi connectivity index (χ2n) is 4.24. The molecule has 1 aliphatic carbocycles. The van der Waals surface area contributed by atoms with E-state index in [9.17, 15) is 4.79 Å². The van der Waals surface area contributed by atoms with Gasteiger partial charge >= 0.3 is 0 Å². The minimum absolute atomic E-state index is 0.309. The molecule has 0 aromatic rings. The molecule has 1 rings (SSSR count). The molecule has 1 atom stereocenters. The predicted octanol–water partition coefficient (Wildman–Crippen LogP) is 2.40. The van der Waals surface area contributed by atoms with E-state index in [4.69, 9.17) is 0 Å². The van der Waals surface area contributed by atoms with Crippen LogP contribution in [-0.2, 0) is 4.79 Å². The monoisotopic (exact) mass is 140 g/mol. The van der Waals surface area contributed by atoms with Crippen LogP contribution < -0.4 is 0 Å². The highest BCUT2D eigenvalue weighted by Crippen LogP contribution is 2.36. The lowest BCUT2D eigenvalue weighted by Gasteiger charge is -2.32. The number of carbonyl (C=O) groups excluding carboxylic acids is 1. The van der Waals surface area contributed by atoms with Gasteiger partial charge in [0.1, 0.15) is 5.78 Å². The van der Waals surface area contributed by atoms with Crippen LogP contribution >= 0.6 is 0 Å². The Labute approximate surface area is 62.8 Å². The minimum Gasteiger partial charge on any atom is -0.299 e. The topological polar surface area (TPSA) is 17.1 Å². The molecule has 10 heavy (non-hydrogen) atoms. The maximum absolute atomic E-state index is 11.1. The van der Waals surface area contributed by atoms with E-state index in [1.165, 1.54) is 0 Å². The van der Waals surface area contributed by atoms with Gasteiger partial charge in [0.2, 0.25) is 0 Å². The third kappa shape index (κ3) is 1.59. The number of hydrogen-bond acceptors (Lipinski definition) is 1. The number of hydrogen-bond donors (Lipinski definition) is 0. The Morgan fingerprint density at radius 3 is 2.50 bits per heavy atom. The van der Waals surface area contributed by atoms with Gasteiger partial charge in [-0.3, -0.25) is 4.79 Å². The van der Waals surface area contributed by atoms with Crippen LogP contribution in [0.15, 0.2) is 0 Å². The van der Waals surface area contributed by atoms with Crippen molar-refractivity contribution >= 4 is 5.78 Å². The molecule has 1 nitrogen and oxygen atoms in total. The lowest BCUT2D eigenvalue weighted by molar-refractivity contribution is -0.126. The van der Waals surface area contributed by atoms with Gasteiger partial charge in [-0.25, -0.2) is 0 Å². The van der Waals surface area contributed by atoms with Gasteiger partial charge < -0.3 is 0 Å². The smallest absolute Gasteiger partial charge is 0.135 e. The molecular formula is C9H16O. The Morgan fingerprint density at radius 2 is 2.10 bits per heavy atom. The van der Waals surface area contributed by atoms with Gasteiger partial charge in [0.25, 0.3) is 0 Å². The van der Waals surface area contributed by atoms with E-state index in [0.717, 1.165) is 19.3 Å². The summed E-state index contributed by atoms with van der Waals surface area (Å²) in [6.07, 6.45) is 2.95. The molecule has 0 aromatic heterocycles. The zero-order valence-electron chi connectivity index (χ0n) is 7.11. The molecule has 0 heterocycles. The van der Waals surface area contributed by atoms with Crippen LogP contribution in [0.5, 0.6) is 0 Å². The van der Waals surface area contributed by atoms with Crippen molar-refractivity contribution in [3.8, 4) is 0 Å². The average molecular weight is 140 g/mol. The second kappa shape index (κ2) is 2.37. The van der Waals surface area contributed by atoms with Crippen LogP contribution in [0.1, 0.15) is 40.0 Å². The van der Waals surface area contributed by atoms with Crippen LogP contribution in [-0.4, -0.2) is 5.78 Å². The molecule has 1 aliphatic rings. The summed E-state index contributed by atoms with van der Waals surface area (Å²) in [6, 6.07) is 0. The third-order valence-corrected chi connectivity index (χ3v) is 2.46. The largest absolute Gasteiger partial charge is 0.299 e. The van der Waals surface area contributed by atoms with Crippen molar-refractivity contribution in [1.82, 2.24) is 0 Å². The van der Waals surface area contributed by atoms with E-state index in [0.29, 0.717) is 17.1 Å². The third-order valence-electron chi connectivity index (χ3n) is 2.46. The Morgan fingerprint density at radius 1 is 1.50 bits per heavy atom. The Bertz CT molecular complexity index is 147. The van der Waals surface area contributed by atoms with E-state index in [1.54, 1.807) is 0 Å². The predicted molar refractivity (Wildman–Crippen MR) is 41.8 cm³/mol. The molecule has 1 fully saturated rings. The summed E-state index contributed by atoms with van der Waals surface area (Å²) < 4.78 is 0. The Hall–Kier alpha value is -0.330. The molecule has 1 heteroatoms. The molecular weight excluding hydrogens is 124 g/mol. The summed E-state index contributed by atoms with van der Waals surface area (Å²) in [5.74, 6) is 0.767. The van der Waals surface area contributed by atoms with Crippen molar-refractivity contribution < 1.29 is 4.79 Å². The first-order valence-electron chi connectivity index (χ1n) is 4.04. The van der Waals surface area contributed by atoms with Gasteiger partial charge in [0, 0.05) is 12.3 Å². The van der Waals surface area contributed by atoms with Gasteiger partial charge in [0.05, 0.1) is 0 Å². The van der Waals surface area contributed by atoms with E-state index in [2.05, 4.69) is 13.8 Å². The van der Waals surface area contributed by atoms with Crippen molar-refractivity contribution in [3.05, 3.63) is 0 Å². The van der Waals surface area contributed by atoms with Crippen molar-refractivity contribution in [1.29, 1.82) is 0 Å². The fourth-order valence-corrected chi connectivity index (χ4v) is 1.75. The number of ketones is 1. The first kappa shape index (κ1) is 7.77. The van der Waals surface area contributed by atoms with Gasteiger partial charge in [-0.1, -0.05) is 20.8 Å². The van der Waals surface area contributed by atoms with E-state index in [-0.39, 0.29) is 0 Å². The van der Waals surface area contributed by atoms with Crippen LogP contribution in [0.2, 0.25) is 0 Å². The van der Waals surface area contributed by atoms with E-state index >= 15 is 0 Å². The molecule has 0 aromatic carbocycles. The quantitative estimate of drug-likeness (QED) is 0.505. The molecule has 0 unspecified atom stereocenters. The Kier molecular flexibility index (Phi) is 1.84. The van der Waals surface area contributed by atoms with E-state index < -0.39 is 0 Å². The summed E-state index contributed by atoms with van der Waals surface area (Å²) in [4.78, 5) is 11.1. The van der Waals surface area contributed by atoms with Crippen molar-refractivity contribution in [2.75, 3.05) is 0 Å². The van der Waals surface area contributed by atoms with Crippen molar-refractivity contribution in [2.45, 2.75) is 40.0 Å². The number of carbonyl (C=O) groups is 1. The number of rotatable bonds is 0. The van der Waals surface area contributed by atoms with Crippen molar-refractivity contribution in [2.24, 2.45) is 11.3 Å². The normalized spacial score (nSPS) is 32.3. The lowest BCUT2D eigenvalue weighted by atomic mass is 9.72.